The van der Waals surface area contributed by atoms with Crippen molar-refractivity contribution in [3.05, 3.63) is 123 Å². The lowest BCUT2D eigenvalue weighted by Crippen LogP contribution is -2.31. The lowest BCUT2D eigenvalue weighted by atomic mass is 9.81. The second kappa shape index (κ2) is 11.6. The lowest BCUT2D eigenvalue weighted by molar-refractivity contribution is -0.138. The Labute approximate surface area is 229 Å². The second-order valence-electron chi connectivity index (χ2n) is 8.72. The van der Waals surface area contributed by atoms with Crippen LogP contribution in [0, 0.1) is 5.82 Å². The number of carbonyl (C=O) groups excluding carboxylic acids is 1. The number of aromatic amines is 1. The molecule has 3 aromatic carbocycles. The number of hydrogen-bond donors (Lipinski definition) is 2. The maximum Gasteiger partial charge on any atom is 0.337 e. The Morgan fingerprint density at radius 3 is 2.44 bits per heavy atom. The summed E-state index contributed by atoms with van der Waals surface area (Å²) in [4.78, 5) is 34.6. The van der Waals surface area contributed by atoms with Gasteiger partial charge in [0.05, 0.1) is 36.5 Å². The van der Waals surface area contributed by atoms with Crippen molar-refractivity contribution in [2.75, 3.05) is 19.0 Å². The van der Waals surface area contributed by atoms with Crippen molar-refractivity contribution in [1.82, 2.24) is 9.97 Å². The van der Waals surface area contributed by atoms with Crippen LogP contribution in [-0.4, -0.2) is 29.7 Å². The van der Waals surface area contributed by atoms with Crippen LogP contribution in [-0.2, 0) is 15.3 Å². The Morgan fingerprint density at radius 2 is 1.74 bits per heavy atom. The fourth-order valence-corrected chi connectivity index (χ4v) is 5.37. The molecule has 198 valence electrons. The zero-order valence-electron chi connectivity index (χ0n) is 21.4. The number of hydrogen-bond acceptors (Lipinski definition) is 7. The van der Waals surface area contributed by atoms with E-state index >= 15 is 0 Å². The summed E-state index contributed by atoms with van der Waals surface area (Å²) in [5.41, 5.74) is 2.64. The maximum atomic E-state index is 14.2. The summed E-state index contributed by atoms with van der Waals surface area (Å²) < 4.78 is 25.0. The molecule has 9 heteroatoms. The number of ether oxygens (including phenoxy) is 2. The van der Waals surface area contributed by atoms with E-state index < -0.39 is 17.4 Å². The van der Waals surface area contributed by atoms with Gasteiger partial charge >= 0.3 is 5.97 Å². The first-order chi connectivity index (χ1) is 19.0. The number of H-pyrrole nitrogens is 1. The van der Waals surface area contributed by atoms with Gasteiger partial charge < -0.3 is 19.8 Å². The van der Waals surface area contributed by atoms with E-state index in [0.29, 0.717) is 39.1 Å². The van der Waals surface area contributed by atoms with Crippen molar-refractivity contribution in [2.24, 2.45) is 0 Å². The average molecular weight is 544 g/mol. The molecule has 0 saturated carbocycles. The van der Waals surface area contributed by atoms with Gasteiger partial charge in [0.25, 0.3) is 5.56 Å². The van der Waals surface area contributed by atoms with Gasteiger partial charge in [0.2, 0.25) is 0 Å². The number of benzene rings is 3. The maximum absolute atomic E-state index is 14.2. The minimum Gasteiger partial charge on any atom is -0.497 e. The van der Waals surface area contributed by atoms with Crippen LogP contribution >= 0.6 is 11.8 Å². The summed E-state index contributed by atoms with van der Waals surface area (Å²) in [6.45, 7) is 1.91. The zero-order valence-corrected chi connectivity index (χ0v) is 22.2. The number of fused-ring (bicyclic) bond motifs is 1. The van der Waals surface area contributed by atoms with Gasteiger partial charge in [0, 0.05) is 5.75 Å². The summed E-state index contributed by atoms with van der Waals surface area (Å²) in [5.74, 6) is -0.370. The highest BCUT2D eigenvalue weighted by molar-refractivity contribution is 7.98. The molecule has 2 N–H and O–H groups in total. The van der Waals surface area contributed by atoms with Crippen LogP contribution in [0.3, 0.4) is 0 Å². The lowest BCUT2D eigenvalue weighted by Gasteiger charge is -2.30. The van der Waals surface area contributed by atoms with Crippen LogP contribution in [0.25, 0.3) is 5.70 Å². The number of esters is 1. The molecule has 1 unspecified atom stereocenters. The first-order valence-electron chi connectivity index (χ1n) is 12.4. The van der Waals surface area contributed by atoms with E-state index in [1.54, 1.807) is 44.4 Å². The quantitative estimate of drug-likeness (QED) is 0.166. The number of thioether (sulfide) groups is 1. The molecule has 39 heavy (non-hydrogen) atoms. The van der Waals surface area contributed by atoms with E-state index in [1.807, 2.05) is 42.5 Å². The van der Waals surface area contributed by atoms with E-state index in [4.69, 9.17) is 14.5 Å². The molecular formula is C30H26FN3O4S. The summed E-state index contributed by atoms with van der Waals surface area (Å²) in [6, 6.07) is 23.0. The van der Waals surface area contributed by atoms with Crippen molar-refractivity contribution < 1.29 is 18.7 Å². The Balaban J connectivity index is 1.66. The van der Waals surface area contributed by atoms with Crippen LogP contribution in [0.15, 0.2) is 94.4 Å². The van der Waals surface area contributed by atoms with E-state index in [-0.39, 0.29) is 23.7 Å². The fraction of sp³-hybridized carbons (Fsp3) is 0.167. The molecule has 1 aromatic heterocycles. The number of aromatic nitrogens is 2. The summed E-state index contributed by atoms with van der Waals surface area (Å²) in [7, 11) is 1.57. The van der Waals surface area contributed by atoms with Crippen LogP contribution in [0.4, 0.5) is 10.2 Å². The van der Waals surface area contributed by atoms with Gasteiger partial charge in [-0.15, -0.1) is 0 Å². The minimum atomic E-state index is -0.761. The number of anilines is 1. The van der Waals surface area contributed by atoms with Gasteiger partial charge in [-0.2, -0.15) is 0 Å². The smallest absolute Gasteiger partial charge is 0.337 e. The summed E-state index contributed by atoms with van der Waals surface area (Å²) >= 11 is 1.22. The Kier molecular flexibility index (Phi) is 7.79. The van der Waals surface area contributed by atoms with Gasteiger partial charge in [-0.3, -0.25) is 4.79 Å². The molecule has 7 nitrogen and oxygen atoms in total. The normalized spacial score (nSPS) is 14.4. The number of nitrogens with zero attached hydrogens (tertiary/aromatic N) is 1. The van der Waals surface area contributed by atoms with E-state index in [0.717, 1.165) is 5.56 Å². The highest BCUT2D eigenvalue weighted by Crippen LogP contribution is 2.43. The van der Waals surface area contributed by atoms with E-state index in [1.165, 1.54) is 17.8 Å². The number of halogens is 1. The Hall–Kier alpha value is -4.37. The molecule has 5 rings (SSSR count). The molecule has 2 heterocycles. The number of methoxy groups -OCH3 is 1. The Bertz CT molecular complexity index is 1590. The summed E-state index contributed by atoms with van der Waals surface area (Å²) in [6.07, 6.45) is 0. The molecule has 0 radical (unpaired) electrons. The third-order valence-corrected chi connectivity index (χ3v) is 7.27. The molecular weight excluding hydrogens is 517 g/mol. The van der Waals surface area contributed by atoms with Gasteiger partial charge in [0.15, 0.2) is 5.16 Å². The molecule has 1 aliphatic heterocycles. The van der Waals surface area contributed by atoms with Crippen molar-refractivity contribution >= 4 is 29.2 Å². The molecule has 1 aliphatic rings. The zero-order chi connectivity index (χ0) is 27.4. The molecule has 0 bridgehead atoms. The standard InChI is InChI=1S/C30H26FN3O4S/c1-3-38-29(36)24-23(18-13-15-21(37-2)16-14-18)25-27(32-26(24)19-9-5-4-6-10-19)33-30(34-28(25)35)39-17-20-11-7-8-12-22(20)31/h4-16,23H,3,17H2,1-2H3,(H2,32,33,34,35). The summed E-state index contributed by atoms with van der Waals surface area (Å²) in [5, 5.41) is 3.58. The first kappa shape index (κ1) is 26.2. The predicted molar refractivity (Wildman–Crippen MR) is 149 cm³/mol. The van der Waals surface area contributed by atoms with E-state index in [2.05, 4.69) is 10.3 Å². The second-order valence-corrected chi connectivity index (χ2v) is 9.68. The highest BCUT2D eigenvalue weighted by Gasteiger charge is 2.38. The molecule has 0 amide bonds. The highest BCUT2D eigenvalue weighted by atomic mass is 32.2. The molecule has 0 spiro atoms. The number of carbonyl (C=O) groups is 1. The number of rotatable bonds is 8. The van der Waals surface area contributed by atoms with Gasteiger partial charge in [0.1, 0.15) is 17.4 Å². The average Bonchev–Trinajstić information content (AvgIpc) is 2.96. The third kappa shape index (κ3) is 5.44. The van der Waals surface area contributed by atoms with Crippen molar-refractivity contribution in [3.63, 3.8) is 0 Å². The van der Waals surface area contributed by atoms with Crippen LogP contribution in [0.5, 0.6) is 5.75 Å². The first-order valence-corrected chi connectivity index (χ1v) is 13.4. The molecule has 0 aliphatic carbocycles. The largest absolute Gasteiger partial charge is 0.497 e. The van der Waals surface area contributed by atoms with Crippen molar-refractivity contribution in [2.45, 2.75) is 23.8 Å². The minimum absolute atomic E-state index is 0.173. The van der Waals surface area contributed by atoms with Gasteiger partial charge in [-0.05, 0) is 41.8 Å². The van der Waals surface area contributed by atoms with Crippen LogP contribution in [0.1, 0.15) is 35.1 Å². The topological polar surface area (TPSA) is 93.3 Å². The Morgan fingerprint density at radius 1 is 1.03 bits per heavy atom. The predicted octanol–water partition coefficient (Wildman–Crippen LogP) is 5.74. The van der Waals surface area contributed by atoms with Gasteiger partial charge in [-0.25, -0.2) is 14.2 Å². The van der Waals surface area contributed by atoms with Crippen LogP contribution in [0.2, 0.25) is 0 Å². The monoisotopic (exact) mass is 543 g/mol. The van der Waals surface area contributed by atoms with Crippen molar-refractivity contribution in [3.8, 4) is 5.75 Å². The SMILES string of the molecule is CCOC(=O)C1=C(c2ccccc2)Nc2nc(SCc3ccccc3F)[nH]c(=O)c2C1c1ccc(OC)cc1. The van der Waals surface area contributed by atoms with E-state index in [9.17, 15) is 14.0 Å². The molecule has 4 aromatic rings. The molecule has 1 atom stereocenters. The number of nitrogens with one attached hydrogen (secondary N) is 2. The van der Waals surface area contributed by atoms with Gasteiger partial charge in [-0.1, -0.05) is 72.4 Å². The van der Waals surface area contributed by atoms with Crippen molar-refractivity contribution in [1.29, 1.82) is 0 Å². The fourth-order valence-electron chi connectivity index (χ4n) is 4.52. The molecule has 0 saturated heterocycles. The third-order valence-electron chi connectivity index (χ3n) is 6.35. The van der Waals surface area contributed by atoms with Crippen LogP contribution < -0.4 is 15.6 Å². The molecule has 0 fully saturated rings.